The number of halogens is 3. The summed E-state index contributed by atoms with van der Waals surface area (Å²) in [6, 6.07) is 15.6. The van der Waals surface area contributed by atoms with Crippen molar-refractivity contribution in [3.05, 3.63) is 83.2 Å². The third-order valence-electron chi connectivity index (χ3n) is 6.97. The molecule has 6 nitrogen and oxygen atoms in total. The molecular weight excluding hydrogens is 461 g/mol. The van der Waals surface area contributed by atoms with Gasteiger partial charge in [-0.3, -0.25) is 4.79 Å². The summed E-state index contributed by atoms with van der Waals surface area (Å²) in [5, 5.41) is 19.5. The second-order valence-electron chi connectivity index (χ2n) is 9.30. The van der Waals surface area contributed by atoms with Gasteiger partial charge in [-0.2, -0.15) is 13.2 Å². The molecule has 2 aliphatic rings. The minimum absolute atomic E-state index is 0. The van der Waals surface area contributed by atoms with E-state index in [1.807, 2.05) is 0 Å². The average molecular weight is 491 g/mol. The number of amides is 1. The summed E-state index contributed by atoms with van der Waals surface area (Å²) in [4.78, 5) is 14.8. The second-order valence-corrected chi connectivity index (χ2v) is 9.30. The fraction of sp³-hybridized carbons (Fsp3) is 0.346. The number of para-hydroxylation sites is 2. The van der Waals surface area contributed by atoms with Crippen LogP contribution in [0.25, 0.3) is 5.69 Å². The van der Waals surface area contributed by atoms with E-state index in [1.165, 1.54) is 17.6 Å². The molecule has 1 atom stereocenters. The number of carbonyl (C=O) groups is 1. The normalized spacial score (nSPS) is 18.4. The van der Waals surface area contributed by atoms with Gasteiger partial charge in [0.1, 0.15) is 17.0 Å². The molecule has 188 valence electrons. The van der Waals surface area contributed by atoms with Crippen molar-refractivity contribution in [1.82, 2.24) is 9.47 Å². The lowest BCUT2D eigenvalue weighted by Crippen LogP contribution is -2.50. The van der Waals surface area contributed by atoms with Gasteiger partial charge in [0.2, 0.25) is 0 Å². The lowest BCUT2D eigenvalue weighted by Gasteiger charge is -2.45. The van der Waals surface area contributed by atoms with E-state index in [4.69, 9.17) is 4.74 Å². The Morgan fingerprint density at radius 3 is 2.34 bits per heavy atom. The van der Waals surface area contributed by atoms with Gasteiger partial charge >= 0.3 is 6.18 Å². The highest BCUT2D eigenvalue weighted by Crippen LogP contribution is 2.48. The number of hydrogen-bond acceptors (Lipinski definition) is 4. The maximum absolute atomic E-state index is 13.8. The predicted octanol–water partition coefficient (Wildman–Crippen LogP) is 4.71. The molecule has 0 bridgehead atoms. The molecule has 1 aromatic heterocycles. The molecule has 35 heavy (non-hydrogen) atoms. The Morgan fingerprint density at radius 1 is 1.06 bits per heavy atom. The quantitative estimate of drug-likeness (QED) is 0.558. The fourth-order valence-corrected chi connectivity index (χ4v) is 4.94. The van der Waals surface area contributed by atoms with Crippen LogP contribution < -0.4 is 4.74 Å². The molecule has 5 rings (SSSR count). The fourth-order valence-electron chi connectivity index (χ4n) is 4.94. The number of piperidine rings is 1. The van der Waals surface area contributed by atoms with Gasteiger partial charge in [-0.15, -0.1) is 0 Å². The van der Waals surface area contributed by atoms with Crippen molar-refractivity contribution in [2.45, 2.75) is 37.1 Å². The minimum atomic E-state index is -4.52. The molecule has 1 saturated heterocycles. The first kappa shape index (κ1) is 23.4. The standard InChI is InChI=1S/C26H25F3N2O4.2H2/c1-24(34,16-32)18-8-6-17(7-9-18)23(33)30-14-12-25(13-15-30)21-10-11-22(26(27,28)29)31(21)19-4-2-3-5-20(19)35-25;;/h2-11,32,34H,12-16H2,1H3;2*1H/t24-;;/m1../s1. The zero-order valence-electron chi connectivity index (χ0n) is 19.0. The van der Waals surface area contributed by atoms with Crippen molar-refractivity contribution in [1.29, 1.82) is 0 Å². The van der Waals surface area contributed by atoms with E-state index in [0.717, 1.165) is 6.07 Å². The summed E-state index contributed by atoms with van der Waals surface area (Å²) in [6.07, 6.45) is -3.84. The first-order valence-electron chi connectivity index (χ1n) is 11.4. The third kappa shape index (κ3) is 3.88. The lowest BCUT2D eigenvalue weighted by atomic mass is 9.86. The molecule has 1 amide bonds. The van der Waals surface area contributed by atoms with Gasteiger partial charge in [0, 0.05) is 34.3 Å². The number of aliphatic hydroxyl groups excluding tert-OH is 1. The predicted molar refractivity (Wildman–Crippen MR) is 126 cm³/mol. The first-order valence-corrected chi connectivity index (χ1v) is 11.4. The van der Waals surface area contributed by atoms with Crippen molar-refractivity contribution in [2.24, 2.45) is 0 Å². The van der Waals surface area contributed by atoms with Crippen LogP contribution in [-0.4, -0.2) is 45.3 Å². The lowest BCUT2D eigenvalue weighted by molar-refractivity contribution is -0.143. The van der Waals surface area contributed by atoms with Crippen LogP contribution >= 0.6 is 0 Å². The number of carbonyl (C=O) groups excluding carboxylic acids is 1. The Bertz CT molecular complexity index is 1270. The highest BCUT2D eigenvalue weighted by Gasteiger charge is 2.48. The Balaban J connectivity index is 0.00000190. The van der Waals surface area contributed by atoms with E-state index in [9.17, 15) is 28.2 Å². The Hall–Kier alpha value is -3.30. The topological polar surface area (TPSA) is 74.9 Å². The van der Waals surface area contributed by atoms with E-state index in [1.54, 1.807) is 53.4 Å². The molecular formula is C26H29F3N2O4. The minimum Gasteiger partial charge on any atom is -0.479 e. The average Bonchev–Trinajstić information content (AvgIpc) is 3.32. The van der Waals surface area contributed by atoms with Gasteiger partial charge in [0.25, 0.3) is 5.91 Å². The van der Waals surface area contributed by atoms with Gasteiger partial charge in [-0.05, 0) is 48.9 Å². The number of likely N-dealkylation sites (tertiary alicyclic amines) is 1. The molecule has 9 heteroatoms. The Labute approximate surface area is 203 Å². The van der Waals surface area contributed by atoms with Crippen molar-refractivity contribution in [3.63, 3.8) is 0 Å². The largest absolute Gasteiger partial charge is 0.479 e. The molecule has 1 spiro atoms. The van der Waals surface area contributed by atoms with E-state index < -0.39 is 29.7 Å². The Kier molecular flexibility index (Phi) is 5.45. The molecule has 0 saturated carbocycles. The van der Waals surface area contributed by atoms with E-state index in [-0.39, 0.29) is 8.76 Å². The molecule has 3 aromatic rings. The summed E-state index contributed by atoms with van der Waals surface area (Å²) >= 11 is 0. The number of alkyl halides is 3. The Morgan fingerprint density at radius 2 is 1.71 bits per heavy atom. The number of hydrogen-bond donors (Lipinski definition) is 2. The van der Waals surface area contributed by atoms with Crippen molar-refractivity contribution >= 4 is 5.91 Å². The summed E-state index contributed by atoms with van der Waals surface area (Å²) in [7, 11) is 0. The number of benzene rings is 2. The van der Waals surface area contributed by atoms with Crippen LogP contribution in [-0.2, 0) is 17.4 Å². The van der Waals surface area contributed by atoms with Gasteiger partial charge in [-0.1, -0.05) is 24.3 Å². The number of rotatable bonds is 3. The molecule has 1 fully saturated rings. The SMILES string of the molecule is C[C@@](O)(CO)c1ccc(C(=O)N2CCC3(CC2)Oc2ccccc2-n2c(C(F)(F)F)ccc23)cc1.[HH].[HH]. The number of aliphatic hydroxyl groups is 2. The van der Waals surface area contributed by atoms with Crippen LogP contribution in [0.15, 0.2) is 60.7 Å². The summed E-state index contributed by atoms with van der Waals surface area (Å²) in [6.45, 7) is 1.65. The van der Waals surface area contributed by atoms with Crippen LogP contribution in [0.2, 0.25) is 0 Å². The summed E-state index contributed by atoms with van der Waals surface area (Å²) < 4.78 is 49.0. The van der Waals surface area contributed by atoms with Crippen molar-refractivity contribution < 1.29 is 35.8 Å². The van der Waals surface area contributed by atoms with E-state index in [0.29, 0.717) is 54.2 Å². The molecule has 3 heterocycles. The molecule has 2 N–H and O–H groups in total. The van der Waals surface area contributed by atoms with E-state index >= 15 is 0 Å². The van der Waals surface area contributed by atoms with Crippen molar-refractivity contribution in [2.75, 3.05) is 19.7 Å². The first-order chi connectivity index (χ1) is 16.6. The molecule has 0 aliphatic carbocycles. The van der Waals surface area contributed by atoms with Crippen LogP contribution in [0.1, 0.15) is 49.9 Å². The van der Waals surface area contributed by atoms with Crippen LogP contribution in [0, 0.1) is 0 Å². The zero-order valence-corrected chi connectivity index (χ0v) is 19.0. The van der Waals surface area contributed by atoms with Gasteiger partial charge in [0.05, 0.1) is 18.0 Å². The number of fused-ring (bicyclic) bond motifs is 4. The maximum atomic E-state index is 13.8. The van der Waals surface area contributed by atoms with E-state index in [2.05, 4.69) is 0 Å². The van der Waals surface area contributed by atoms with Gasteiger partial charge in [-0.25, -0.2) is 0 Å². The molecule has 0 unspecified atom stereocenters. The molecule has 0 radical (unpaired) electrons. The molecule has 2 aromatic carbocycles. The molecule has 2 aliphatic heterocycles. The van der Waals surface area contributed by atoms with Crippen molar-refractivity contribution in [3.8, 4) is 11.4 Å². The zero-order chi connectivity index (χ0) is 25.0. The maximum Gasteiger partial charge on any atom is 0.431 e. The van der Waals surface area contributed by atoms with Gasteiger partial charge < -0.3 is 24.4 Å². The summed E-state index contributed by atoms with van der Waals surface area (Å²) in [5.74, 6) is 0.172. The van der Waals surface area contributed by atoms with Crippen LogP contribution in [0.3, 0.4) is 0 Å². The highest BCUT2D eigenvalue weighted by atomic mass is 19.4. The number of nitrogens with zero attached hydrogens (tertiary/aromatic N) is 2. The van der Waals surface area contributed by atoms with Gasteiger partial charge in [0.15, 0.2) is 5.60 Å². The second kappa shape index (κ2) is 8.13. The van der Waals surface area contributed by atoms with Crippen LogP contribution in [0.5, 0.6) is 5.75 Å². The van der Waals surface area contributed by atoms with Crippen LogP contribution in [0.4, 0.5) is 13.2 Å². The third-order valence-corrected chi connectivity index (χ3v) is 6.97. The number of ether oxygens (including phenoxy) is 1. The smallest absolute Gasteiger partial charge is 0.431 e. The monoisotopic (exact) mass is 490 g/mol. The summed E-state index contributed by atoms with van der Waals surface area (Å²) in [5.41, 5.74) is -1.43. The highest BCUT2D eigenvalue weighted by molar-refractivity contribution is 5.94. The number of aromatic nitrogens is 1.